The number of hydrogen-bond acceptors (Lipinski definition) is 3. The largest absolute Gasteiger partial charge is 0.375 e. The second-order valence-corrected chi connectivity index (χ2v) is 6.50. The molecule has 2 rings (SSSR count). The highest BCUT2D eigenvalue weighted by Crippen LogP contribution is 2.15. The summed E-state index contributed by atoms with van der Waals surface area (Å²) >= 11 is 0. The number of benzene rings is 1. The average molecular weight is 290 g/mol. The third-order valence-corrected chi connectivity index (χ3v) is 4.24. The molecule has 21 heavy (non-hydrogen) atoms. The van der Waals surface area contributed by atoms with E-state index in [1.165, 1.54) is 36.9 Å². The van der Waals surface area contributed by atoms with Crippen LogP contribution in [-0.2, 0) is 17.9 Å². The van der Waals surface area contributed by atoms with Crippen molar-refractivity contribution < 1.29 is 4.74 Å². The standard InChI is InChI=1S/C18H30N2O/c1-15(2)19-12-16-7-9-17(10-8-16)13-21-14-18-6-4-5-11-20(18)3/h7-10,15,18-19H,4-6,11-14H2,1-3H3. The molecule has 1 aliphatic heterocycles. The number of hydrogen-bond donors (Lipinski definition) is 1. The van der Waals surface area contributed by atoms with Gasteiger partial charge in [0, 0.05) is 18.6 Å². The molecule has 3 nitrogen and oxygen atoms in total. The number of ether oxygens (including phenoxy) is 1. The normalized spacial score (nSPS) is 20.1. The summed E-state index contributed by atoms with van der Waals surface area (Å²) in [5.74, 6) is 0. The molecule has 3 heteroatoms. The number of nitrogens with zero attached hydrogens (tertiary/aromatic N) is 1. The molecule has 1 unspecified atom stereocenters. The van der Waals surface area contributed by atoms with E-state index in [1.54, 1.807) is 0 Å². The van der Waals surface area contributed by atoms with Gasteiger partial charge in [0.25, 0.3) is 0 Å². The van der Waals surface area contributed by atoms with Crippen LogP contribution in [0.4, 0.5) is 0 Å². The Morgan fingerprint density at radius 3 is 2.57 bits per heavy atom. The molecule has 0 aromatic heterocycles. The van der Waals surface area contributed by atoms with Crippen molar-refractivity contribution in [3.05, 3.63) is 35.4 Å². The Kier molecular flexibility index (Phi) is 6.68. The molecule has 0 aliphatic carbocycles. The van der Waals surface area contributed by atoms with E-state index in [4.69, 9.17) is 4.74 Å². The molecule has 0 saturated carbocycles. The Morgan fingerprint density at radius 1 is 1.19 bits per heavy atom. The van der Waals surface area contributed by atoms with Crippen molar-refractivity contribution in [2.45, 2.75) is 58.3 Å². The van der Waals surface area contributed by atoms with E-state index in [-0.39, 0.29) is 0 Å². The molecule has 0 spiro atoms. The highest BCUT2D eigenvalue weighted by Gasteiger charge is 2.18. The van der Waals surface area contributed by atoms with Crippen molar-refractivity contribution in [2.24, 2.45) is 0 Å². The number of likely N-dealkylation sites (tertiary alicyclic amines) is 1. The second kappa shape index (κ2) is 8.52. The zero-order valence-corrected chi connectivity index (χ0v) is 13.8. The highest BCUT2D eigenvalue weighted by atomic mass is 16.5. The third-order valence-electron chi connectivity index (χ3n) is 4.24. The summed E-state index contributed by atoms with van der Waals surface area (Å²) < 4.78 is 5.91. The fourth-order valence-corrected chi connectivity index (χ4v) is 2.74. The SMILES string of the molecule is CC(C)NCc1ccc(COCC2CCCCN2C)cc1. The van der Waals surface area contributed by atoms with Crippen LogP contribution < -0.4 is 5.32 Å². The first kappa shape index (κ1) is 16.5. The molecule has 1 N–H and O–H groups in total. The zero-order chi connectivity index (χ0) is 15.1. The molecular weight excluding hydrogens is 260 g/mol. The van der Waals surface area contributed by atoms with E-state index < -0.39 is 0 Å². The summed E-state index contributed by atoms with van der Waals surface area (Å²) in [6, 6.07) is 9.89. The number of likely N-dealkylation sites (N-methyl/N-ethyl adjacent to an activating group) is 1. The van der Waals surface area contributed by atoms with Crippen molar-refractivity contribution >= 4 is 0 Å². The predicted octanol–water partition coefficient (Wildman–Crippen LogP) is 3.19. The van der Waals surface area contributed by atoms with Gasteiger partial charge in [-0.05, 0) is 37.6 Å². The van der Waals surface area contributed by atoms with Crippen LogP contribution in [0.1, 0.15) is 44.2 Å². The van der Waals surface area contributed by atoms with Crippen LogP contribution in [0, 0.1) is 0 Å². The monoisotopic (exact) mass is 290 g/mol. The molecule has 0 bridgehead atoms. The van der Waals surface area contributed by atoms with E-state index >= 15 is 0 Å². The Labute approximate surface area is 129 Å². The first-order valence-corrected chi connectivity index (χ1v) is 8.24. The first-order valence-electron chi connectivity index (χ1n) is 8.24. The zero-order valence-electron chi connectivity index (χ0n) is 13.8. The molecular formula is C18H30N2O. The smallest absolute Gasteiger partial charge is 0.0717 e. The van der Waals surface area contributed by atoms with Crippen molar-refractivity contribution in [1.82, 2.24) is 10.2 Å². The maximum Gasteiger partial charge on any atom is 0.0717 e. The molecule has 1 fully saturated rings. The van der Waals surface area contributed by atoms with Crippen molar-refractivity contribution in [3.63, 3.8) is 0 Å². The summed E-state index contributed by atoms with van der Waals surface area (Å²) in [6.07, 6.45) is 3.95. The lowest BCUT2D eigenvalue weighted by Crippen LogP contribution is -2.39. The minimum atomic E-state index is 0.528. The molecule has 1 heterocycles. The quantitative estimate of drug-likeness (QED) is 0.834. The summed E-state index contributed by atoms with van der Waals surface area (Å²) in [6.45, 7) is 8.07. The Hall–Kier alpha value is -0.900. The molecule has 1 atom stereocenters. The van der Waals surface area contributed by atoms with Gasteiger partial charge in [0.15, 0.2) is 0 Å². The van der Waals surface area contributed by atoms with Crippen LogP contribution in [-0.4, -0.2) is 37.2 Å². The lowest BCUT2D eigenvalue weighted by Gasteiger charge is -2.32. The molecule has 0 radical (unpaired) electrons. The fraction of sp³-hybridized carbons (Fsp3) is 0.667. The van der Waals surface area contributed by atoms with E-state index in [0.29, 0.717) is 12.1 Å². The van der Waals surface area contributed by atoms with Gasteiger partial charge < -0.3 is 15.0 Å². The van der Waals surface area contributed by atoms with Gasteiger partial charge in [0.05, 0.1) is 13.2 Å². The number of piperidine rings is 1. The minimum Gasteiger partial charge on any atom is -0.375 e. The molecule has 1 aromatic carbocycles. The molecule has 118 valence electrons. The van der Waals surface area contributed by atoms with Crippen LogP contribution >= 0.6 is 0 Å². The maximum absolute atomic E-state index is 5.91. The Balaban J connectivity index is 1.70. The second-order valence-electron chi connectivity index (χ2n) is 6.50. The summed E-state index contributed by atoms with van der Waals surface area (Å²) in [4.78, 5) is 2.43. The fourth-order valence-electron chi connectivity index (χ4n) is 2.74. The minimum absolute atomic E-state index is 0.528. The average Bonchev–Trinajstić information content (AvgIpc) is 2.48. The van der Waals surface area contributed by atoms with Crippen molar-refractivity contribution in [3.8, 4) is 0 Å². The molecule has 0 amide bonds. The number of nitrogens with one attached hydrogen (secondary N) is 1. The summed E-state index contributed by atoms with van der Waals surface area (Å²) in [5, 5.41) is 3.44. The van der Waals surface area contributed by atoms with Gasteiger partial charge in [-0.2, -0.15) is 0 Å². The van der Waals surface area contributed by atoms with Gasteiger partial charge in [0.2, 0.25) is 0 Å². The first-order chi connectivity index (χ1) is 10.1. The van der Waals surface area contributed by atoms with Gasteiger partial charge in [-0.15, -0.1) is 0 Å². The van der Waals surface area contributed by atoms with Crippen LogP contribution in [0.25, 0.3) is 0 Å². The van der Waals surface area contributed by atoms with E-state index in [2.05, 4.69) is 55.4 Å². The van der Waals surface area contributed by atoms with E-state index in [0.717, 1.165) is 19.8 Å². The van der Waals surface area contributed by atoms with Gasteiger partial charge in [-0.1, -0.05) is 44.5 Å². The topological polar surface area (TPSA) is 24.5 Å². The maximum atomic E-state index is 5.91. The van der Waals surface area contributed by atoms with E-state index in [1.807, 2.05) is 0 Å². The predicted molar refractivity (Wildman–Crippen MR) is 88.3 cm³/mol. The highest BCUT2D eigenvalue weighted by molar-refractivity contribution is 5.21. The molecule has 1 aliphatic rings. The van der Waals surface area contributed by atoms with Crippen LogP contribution in [0.5, 0.6) is 0 Å². The summed E-state index contributed by atoms with van der Waals surface area (Å²) in [7, 11) is 2.21. The van der Waals surface area contributed by atoms with Crippen molar-refractivity contribution in [2.75, 3.05) is 20.2 Å². The van der Waals surface area contributed by atoms with Crippen LogP contribution in [0.3, 0.4) is 0 Å². The van der Waals surface area contributed by atoms with Crippen LogP contribution in [0.2, 0.25) is 0 Å². The van der Waals surface area contributed by atoms with Gasteiger partial charge in [0.1, 0.15) is 0 Å². The van der Waals surface area contributed by atoms with Gasteiger partial charge >= 0.3 is 0 Å². The number of rotatable bonds is 7. The Morgan fingerprint density at radius 2 is 1.90 bits per heavy atom. The van der Waals surface area contributed by atoms with E-state index in [9.17, 15) is 0 Å². The van der Waals surface area contributed by atoms with Crippen molar-refractivity contribution in [1.29, 1.82) is 0 Å². The van der Waals surface area contributed by atoms with Gasteiger partial charge in [-0.3, -0.25) is 0 Å². The lowest BCUT2D eigenvalue weighted by atomic mass is 10.0. The lowest BCUT2D eigenvalue weighted by molar-refractivity contribution is 0.0444. The van der Waals surface area contributed by atoms with Gasteiger partial charge in [-0.25, -0.2) is 0 Å². The Bertz CT molecular complexity index is 402. The molecule has 1 saturated heterocycles. The summed E-state index contributed by atoms with van der Waals surface area (Å²) in [5.41, 5.74) is 2.60. The van der Waals surface area contributed by atoms with Crippen LogP contribution in [0.15, 0.2) is 24.3 Å². The molecule has 1 aromatic rings. The third kappa shape index (κ3) is 5.77.